The average molecular weight is 459 g/mol. The summed E-state index contributed by atoms with van der Waals surface area (Å²) in [7, 11) is 0. The van der Waals surface area contributed by atoms with E-state index < -0.39 is 12.3 Å². The van der Waals surface area contributed by atoms with Crippen LogP contribution in [0.1, 0.15) is 90.9 Å². The van der Waals surface area contributed by atoms with Gasteiger partial charge >= 0.3 is 0 Å². The van der Waals surface area contributed by atoms with E-state index in [1.165, 1.54) is 32.1 Å². The number of alkyl halides is 2. The highest BCUT2D eigenvalue weighted by atomic mass is 32.2. The van der Waals surface area contributed by atoms with Gasteiger partial charge in [0.1, 0.15) is 12.3 Å². The van der Waals surface area contributed by atoms with Gasteiger partial charge in [-0.05, 0) is 68.6 Å². The maximum atomic E-state index is 15.5. The van der Waals surface area contributed by atoms with E-state index in [0.29, 0.717) is 24.4 Å². The Labute approximate surface area is 193 Å². The molecule has 3 aliphatic carbocycles. The Morgan fingerprint density at radius 2 is 1.29 bits per heavy atom. The number of thioether (sulfide) groups is 1. The fourth-order valence-electron chi connectivity index (χ4n) is 6.71. The second-order valence-corrected chi connectivity index (χ2v) is 12.1. The molecule has 1 aliphatic heterocycles. The lowest BCUT2D eigenvalue weighted by Crippen LogP contribution is -2.45. The van der Waals surface area contributed by atoms with Crippen LogP contribution in [0.2, 0.25) is 0 Å². The maximum Gasteiger partial charge on any atom is 0.138 e. The van der Waals surface area contributed by atoms with E-state index in [-0.39, 0.29) is 22.7 Å². The molecule has 0 bridgehead atoms. The molecule has 8 unspecified atom stereocenters. The van der Waals surface area contributed by atoms with E-state index in [1.807, 2.05) is 0 Å². The van der Waals surface area contributed by atoms with Gasteiger partial charge in [0, 0.05) is 23.7 Å². The van der Waals surface area contributed by atoms with Crippen LogP contribution >= 0.6 is 11.8 Å². The van der Waals surface area contributed by atoms with Gasteiger partial charge in [0.25, 0.3) is 0 Å². The summed E-state index contributed by atoms with van der Waals surface area (Å²) in [4.78, 5) is 0. The fourth-order valence-corrected chi connectivity index (χ4v) is 8.80. The zero-order chi connectivity index (χ0) is 21.8. The van der Waals surface area contributed by atoms with Crippen molar-refractivity contribution in [3.8, 4) is 0 Å². The molecule has 0 aromatic carbocycles. The van der Waals surface area contributed by atoms with Gasteiger partial charge in [-0.1, -0.05) is 46.0 Å². The molecule has 0 aromatic rings. The Hall–Kier alpha value is 0.130. The zero-order valence-electron chi connectivity index (χ0n) is 19.7. The summed E-state index contributed by atoms with van der Waals surface area (Å²) in [6.07, 6.45) is 10.8. The van der Waals surface area contributed by atoms with Crippen LogP contribution in [0.4, 0.5) is 8.78 Å². The predicted molar refractivity (Wildman–Crippen MR) is 125 cm³/mol. The Morgan fingerprint density at radius 1 is 0.710 bits per heavy atom. The Balaban J connectivity index is 1.26. The third-order valence-corrected chi connectivity index (χ3v) is 10.6. The first-order chi connectivity index (χ1) is 15.1. The van der Waals surface area contributed by atoms with Gasteiger partial charge in [0.15, 0.2) is 0 Å². The highest BCUT2D eigenvalue weighted by molar-refractivity contribution is 8.00. The van der Waals surface area contributed by atoms with Crippen molar-refractivity contribution in [1.29, 1.82) is 0 Å². The van der Waals surface area contributed by atoms with Gasteiger partial charge in [-0.15, -0.1) is 11.8 Å². The van der Waals surface area contributed by atoms with Gasteiger partial charge in [0.2, 0.25) is 0 Å². The van der Waals surface area contributed by atoms with Gasteiger partial charge in [-0.25, -0.2) is 8.78 Å². The molecule has 5 heteroatoms. The van der Waals surface area contributed by atoms with Crippen molar-refractivity contribution in [3.63, 3.8) is 0 Å². The van der Waals surface area contributed by atoms with Gasteiger partial charge in [-0.3, -0.25) is 0 Å². The molecular formula is C26H44F2O2S. The summed E-state index contributed by atoms with van der Waals surface area (Å²) in [5.74, 6) is 2.13. The molecule has 0 N–H and O–H groups in total. The first kappa shape index (κ1) is 24.3. The molecule has 4 rings (SSSR count). The molecule has 4 aliphatic rings. The monoisotopic (exact) mass is 458 g/mol. The number of halogens is 2. The van der Waals surface area contributed by atoms with Crippen molar-refractivity contribution >= 4 is 11.8 Å². The smallest absolute Gasteiger partial charge is 0.138 e. The van der Waals surface area contributed by atoms with Crippen LogP contribution in [0.25, 0.3) is 0 Å². The second kappa shape index (κ2) is 11.5. The quantitative estimate of drug-likeness (QED) is 0.342. The SMILES string of the molecule is CCCCCOC1CCC2C3CCC(OCC4CCC(CC)CC4)C(F)C3SC2C1F. The standard InChI is InChI=1S/C26H44F2O2S/c1-3-5-6-15-29-21-13-11-19-20-12-14-22(24(28)26(20)31-25(19)23(21)27)30-16-18-9-7-17(4-2)8-10-18/h17-26H,3-16H2,1-2H3. The Bertz CT molecular complexity index is 542. The van der Waals surface area contributed by atoms with Gasteiger partial charge in [-0.2, -0.15) is 0 Å². The molecule has 0 radical (unpaired) electrons. The molecule has 0 amide bonds. The Morgan fingerprint density at radius 3 is 1.87 bits per heavy atom. The van der Waals surface area contributed by atoms with Crippen molar-refractivity contribution in [1.82, 2.24) is 0 Å². The van der Waals surface area contributed by atoms with Crippen LogP contribution < -0.4 is 0 Å². The van der Waals surface area contributed by atoms with E-state index in [1.54, 1.807) is 11.8 Å². The minimum atomic E-state index is -0.948. The average Bonchev–Trinajstić information content (AvgIpc) is 3.18. The molecule has 1 heterocycles. The molecule has 8 atom stereocenters. The molecule has 1 saturated heterocycles. The first-order valence-corrected chi connectivity index (χ1v) is 14.2. The van der Waals surface area contributed by atoms with Crippen LogP contribution in [0.3, 0.4) is 0 Å². The molecule has 4 fully saturated rings. The Kier molecular flexibility index (Phi) is 9.01. The van der Waals surface area contributed by atoms with Crippen LogP contribution in [-0.2, 0) is 9.47 Å². The number of fused-ring (bicyclic) bond motifs is 3. The van der Waals surface area contributed by atoms with Crippen LogP contribution in [-0.4, -0.2) is 48.3 Å². The predicted octanol–water partition coefficient (Wildman–Crippen LogP) is 7.14. The lowest BCUT2D eigenvalue weighted by atomic mass is 9.71. The maximum absolute atomic E-state index is 15.5. The van der Waals surface area contributed by atoms with E-state index >= 15 is 8.78 Å². The molecule has 2 nitrogen and oxygen atoms in total. The summed E-state index contributed by atoms with van der Waals surface area (Å²) in [5.41, 5.74) is 0. The van der Waals surface area contributed by atoms with E-state index in [4.69, 9.17) is 9.47 Å². The van der Waals surface area contributed by atoms with E-state index in [2.05, 4.69) is 13.8 Å². The minimum Gasteiger partial charge on any atom is -0.375 e. The second-order valence-electron chi connectivity index (χ2n) is 10.7. The lowest BCUT2D eigenvalue weighted by Gasteiger charge is -2.39. The summed E-state index contributed by atoms with van der Waals surface area (Å²) in [5, 5.41) is -0.164. The highest BCUT2D eigenvalue weighted by Crippen LogP contribution is 2.56. The number of unbranched alkanes of at least 4 members (excludes halogenated alkanes) is 2. The summed E-state index contributed by atoms with van der Waals surface area (Å²) in [6, 6.07) is 0. The van der Waals surface area contributed by atoms with Gasteiger partial charge < -0.3 is 9.47 Å². The highest BCUT2D eigenvalue weighted by Gasteiger charge is 2.56. The third kappa shape index (κ3) is 5.62. The number of hydrogen-bond donors (Lipinski definition) is 0. The normalized spacial score (nSPS) is 45.3. The van der Waals surface area contributed by atoms with Crippen molar-refractivity contribution in [2.45, 2.75) is 126 Å². The van der Waals surface area contributed by atoms with E-state index in [0.717, 1.165) is 57.5 Å². The van der Waals surface area contributed by atoms with E-state index in [9.17, 15) is 0 Å². The number of rotatable bonds is 9. The van der Waals surface area contributed by atoms with Crippen LogP contribution in [0.5, 0.6) is 0 Å². The molecule has 180 valence electrons. The van der Waals surface area contributed by atoms with Gasteiger partial charge in [0.05, 0.1) is 12.2 Å². The lowest BCUT2D eigenvalue weighted by molar-refractivity contribution is -0.0639. The fraction of sp³-hybridized carbons (Fsp3) is 1.00. The topological polar surface area (TPSA) is 18.5 Å². The summed E-state index contributed by atoms with van der Waals surface area (Å²) in [6.45, 7) is 5.83. The van der Waals surface area contributed by atoms with Crippen LogP contribution in [0, 0.1) is 23.7 Å². The number of ether oxygens (including phenoxy) is 2. The number of hydrogen-bond acceptors (Lipinski definition) is 3. The largest absolute Gasteiger partial charge is 0.375 e. The first-order valence-electron chi connectivity index (χ1n) is 13.3. The molecule has 0 spiro atoms. The zero-order valence-corrected chi connectivity index (χ0v) is 20.5. The van der Waals surface area contributed by atoms with Crippen LogP contribution in [0.15, 0.2) is 0 Å². The minimum absolute atomic E-state index is 0.0818. The summed E-state index contributed by atoms with van der Waals surface area (Å²) < 4.78 is 43.0. The molecule has 31 heavy (non-hydrogen) atoms. The molecule has 0 aromatic heterocycles. The molecule has 3 saturated carbocycles. The molecular weight excluding hydrogens is 414 g/mol. The third-order valence-electron chi connectivity index (χ3n) is 8.78. The van der Waals surface area contributed by atoms with Crippen molar-refractivity contribution in [3.05, 3.63) is 0 Å². The van der Waals surface area contributed by atoms with Crippen molar-refractivity contribution < 1.29 is 18.3 Å². The summed E-state index contributed by atoms with van der Waals surface area (Å²) >= 11 is 1.60. The van der Waals surface area contributed by atoms with Crippen molar-refractivity contribution in [2.24, 2.45) is 23.7 Å². The van der Waals surface area contributed by atoms with Crippen molar-refractivity contribution in [2.75, 3.05) is 13.2 Å².